The molecule has 0 radical (unpaired) electrons. The zero-order valence-electron chi connectivity index (χ0n) is 18.0. The second-order valence-corrected chi connectivity index (χ2v) is 9.48. The van der Waals surface area contributed by atoms with Crippen molar-refractivity contribution in [1.82, 2.24) is 19.2 Å². The molecule has 162 valence electrons. The Hall–Kier alpha value is -2.44. The lowest BCUT2D eigenvalue weighted by Gasteiger charge is -2.27. The van der Waals surface area contributed by atoms with Gasteiger partial charge in [-0.2, -0.15) is 0 Å². The van der Waals surface area contributed by atoms with Gasteiger partial charge in [0, 0.05) is 44.3 Å². The first kappa shape index (κ1) is 20.5. The zero-order valence-corrected chi connectivity index (χ0v) is 18.8. The van der Waals surface area contributed by atoms with Gasteiger partial charge in [-0.25, -0.2) is 4.98 Å². The number of likely N-dealkylation sites (tertiary alicyclic amines) is 1. The van der Waals surface area contributed by atoms with E-state index in [1.165, 1.54) is 30.4 Å². The van der Waals surface area contributed by atoms with E-state index in [4.69, 9.17) is 4.98 Å². The number of hydrogen-bond acceptors (Lipinski definition) is 4. The molecule has 2 aliphatic rings. The molecule has 0 aliphatic carbocycles. The van der Waals surface area contributed by atoms with Crippen LogP contribution in [0.15, 0.2) is 48.0 Å². The third kappa shape index (κ3) is 4.46. The Morgan fingerprint density at radius 3 is 2.52 bits per heavy atom. The van der Waals surface area contributed by atoms with Crippen LogP contribution in [0, 0.1) is 0 Å². The molecule has 1 fully saturated rings. The van der Waals surface area contributed by atoms with Gasteiger partial charge in [0.1, 0.15) is 0 Å². The van der Waals surface area contributed by atoms with Crippen molar-refractivity contribution in [2.45, 2.75) is 45.1 Å². The summed E-state index contributed by atoms with van der Waals surface area (Å²) in [6, 6.07) is 10.6. The van der Waals surface area contributed by atoms with Crippen LogP contribution in [0.25, 0.3) is 10.5 Å². The van der Waals surface area contributed by atoms with Crippen LogP contribution in [-0.4, -0.2) is 51.3 Å². The van der Waals surface area contributed by atoms with Crippen LogP contribution in [0.5, 0.6) is 0 Å². The van der Waals surface area contributed by atoms with Gasteiger partial charge in [-0.05, 0) is 30.4 Å². The highest BCUT2D eigenvalue weighted by Crippen LogP contribution is 2.26. The third-order valence-corrected chi connectivity index (χ3v) is 7.27. The van der Waals surface area contributed by atoms with Gasteiger partial charge in [0.25, 0.3) is 5.91 Å². The van der Waals surface area contributed by atoms with Crippen molar-refractivity contribution in [1.29, 1.82) is 0 Å². The molecule has 6 heteroatoms. The summed E-state index contributed by atoms with van der Waals surface area (Å²) in [7, 11) is 0. The molecule has 1 amide bonds. The lowest BCUT2D eigenvalue weighted by Crippen LogP contribution is -2.35. The van der Waals surface area contributed by atoms with Crippen LogP contribution in [0.4, 0.5) is 0 Å². The molecular formula is C25H30N4OS. The molecule has 5 nitrogen and oxygen atoms in total. The van der Waals surface area contributed by atoms with Crippen molar-refractivity contribution in [3.63, 3.8) is 0 Å². The topological polar surface area (TPSA) is 40.9 Å². The number of carbonyl (C=O) groups excluding carboxylic acids is 1. The first-order chi connectivity index (χ1) is 15.3. The van der Waals surface area contributed by atoms with Gasteiger partial charge in [0.15, 0.2) is 10.7 Å². The Morgan fingerprint density at radius 2 is 1.77 bits per heavy atom. The number of rotatable bonds is 4. The van der Waals surface area contributed by atoms with Crippen molar-refractivity contribution in [2.24, 2.45) is 0 Å². The predicted octanol–water partition coefficient (Wildman–Crippen LogP) is 5.09. The fourth-order valence-electron chi connectivity index (χ4n) is 4.74. The van der Waals surface area contributed by atoms with Gasteiger partial charge in [-0.15, -0.1) is 11.3 Å². The van der Waals surface area contributed by atoms with Crippen LogP contribution < -0.4 is 0 Å². The second-order valence-electron chi connectivity index (χ2n) is 8.60. The summed E-state index contributed by atoms with van der Waals surface area (Å²) in [6.07, 6.45) is 11.4. The summed E-state index contributed by atoms with van der Waals surface area (Å²) in [5, 5.41) is 2.06. The van der Waals surface area contributed by atoms with Crippen LogP contribution >= 0.6 is 11.3 Å². The largest absolute Gasteiger partial charge is 0.337 e. The number of carbonyl (C=O) groups is 1. The van der Waals surface area contributed by atoms with Gasteiger partial charge in [0.05, 0.1) is 5.69 Å². The number of benzene rings is 1. The van der Waals surface area contributed by atoms with Crippen molar-refractivity contribution in [3.8, 4) is 0 Å². The van der Waals surface area contributed by atoms with E-state index in [1.807, 2.05) is 4.90 Å². The summed E-state index contributed by atoms with van der Waals surface area (Å²) >= 11 is 1.60. The third-order valence-electron chi connectivity index (χ3n) is 6.52. The number of nitrogens with zero attached hydrogens (tertiary/aromatic N) is 4. The minimum atomic E-state index is 0.116. The van der Waals surface area contributed by atoms with Crippen LogP contribution in [0.3, 0.4) is 0 Å². The Kier molecular flexibility index (Phi) is 6.18. The molecule has 0 unspecified atom stereocenters. The van der Waals surface area contributed by atoms with Gasteiger partial charge < -0.3 is 4.90 Å². The molecule has 2 aliphatic heterocycles. The quantitative estimate of drug-likeness (QED) is 0.574. The monoisotopic (exact) mass is 434 g/mol. The highest BCUT2D eigenvalue weighted by Gasteiger charge is 2.26. The average molecular weight is 435 g/mol. The molecule has 3 aromatic rings. The summed E-state index contributed by atoms with van der Waals surface area (Å²) in [5.74, 6) is 0.116. The number of imidazole rings is 1. The zero-order chi connectivity index (χ0) is 21.0. The van der Waals surface area contributed by atoms with Gasteiger partial charge in [-0.1, -0.05) is 55.7 Å². The normalized spacial score (nSPS) is 18.6. The van der Waals surface area contributed by atoms with E-state index < -0.39 is 0 Å². The fraction of sp³-hybridized carbons (Fsp3) is 0.440. The fourth-order valence-corrected chi connectivity index (χ4v) is 5.47. The number of aromatic nitrogens is 2. The molecule has 1 saturated heterocycles. The second kappa shape index (κ2) is 9.37. The molecule has 0 saturated carbocycles. The number of thiazole rings is 1. The smallest absolute Gasteiger partial charge is 0.274 e. The molecule has 5 rings (SSSR count). The molecular weight excluding hydrogens is 404 g/mol. The Balaban J connectivity index is 1.36. The average Bonchev–Trinajstić information content (AvgIpc) is 3.37. The first-order valence-electron chi connectivity index (χ1n) is 11.5. The van der Waals surface area contributed by atoms with Crippen LogP contribution in [-0.2, 0) is 6.54 Å². The minimum absolute atomic E-state index is 0.116. The van der Waals surface area contributed by atoms with Crippen molar-refractivity contribution in [3.05, 3.63) is 64.9 Å². The molecule has 2 aromatic heterocycles. The highest BCUT2D eigenvalue weighted by molar-refractivity contribution is 7.15. The Labute approximate surface area is 188 Å². The molecule has 0 spiro atoms. The van der Waals surface area contributed by atoms with Gasteiger partial charge in [-0.3, -0.25) is 14.1 Å². The van der Waals surface area contributed by atoms with Crippen molar-refractivity contribution < 1.29 is 4.79 Å². The number of hydrogen-bond donors (Lipinski definition) is 0. The Bertz CT molecular complexity index is 1060. The summed E-state index contributed by atoms with van der Waals surface area (Å²) < 4.78 is 2.12. The maximum absolute atomic E-state index is 13.5. The maximum atomic E-state index is 13.5. The highest BCUT2D eigenvalue weighted by atomic mass is 32.1. The van der Waals surface area contributed by atoms with Crippen molar-refractivity contribution >= 4 is 27.8 Å². The minimum Gasteiger partial charge on any atom is -0.337 e. The van der Waals surface area contributed by atoms with E-state index in [-0.39, 0.29) is 5.91 Å². The van der Waals surface area contributed by atoms with Crippen LogP contribution in [0.2, 0.25) is 0 Å². The van der Waals surface area contributed by atoms with E-state index in [2.05, 4.69) is 57.3 Å². The Morgan fingerprint density at radius 1 is 1.00 bits per heavy atom. The van der Waals surface area contributed by atoms with E-state index in [9.17, 15) is 4.79 Å². The van der Waals surface area contributed by atoms with Crippen molar-refractivity contribution in [2.75, 3.05) is 26.2 Å². The molecule has 31 heavy (non-hydrogen) atoms. The van der Waals surface area contributed by atoms with Gasteiger partial charge >= 0.3 is 0 Å². The predicted molar refractivity (Wildman–Crippen MR) is 126 cm³/mol. The summed E-state index contributed by atoms with van der Waals surface area (Å²) in [5.41, 5.74) is 4.44. The first-order valence-corrected chi connectivity index (χ1v) is 12.4. The SMILES string of the molecule is O=C(c1nc2sccn2c1CN1CC=C(c2ccccc2)CC1)N1CCCCCCC1. The van der Waals surface area contributed by atoms with E-state index in [0.29, 0.717) is 5.69 Å². The number of amides is 1. The van der Waals surface area contributed by atoms with E-state index in [1.54, 1.807) is 11.3 Å². The maximum Gasteiger partial charge on any atom is 0.274 e. The van der Waals surface area contributed by atoms with E-state index in [0.717, 1.165) is 62.6 Å². The molecule has 1 aromatic carbocycles. The van der Waals surface area contributed by atoms with Crippen LogP contribution in [0.1, 0.15) is 60.3 Å². The summed E-state index contributed by atoms with van der Waals surface area (Å²) in [4.78, 5) is 23.6. The standard InChI is InChI=1S/C25H30N4OS/c30-24(28-13-7-2-1-3-8-14-28)23-22(29-17-18-31-25(29)26-23)19-27-15-11-21(12-16-27)20-9-5-4-6-10-20/h4-6,9-11,17-18H,1-3,7-8,12-16,19H2. The molecule has 0 N–H and O–H groups in total. The van der Waals surface area contributed by atoms with Gasteiger partial charge in [0.2, 0.25) is 0 Å². The number of fused-ring (bicyclic) bond motifs is 1. The lowest BCUT2D eigenvalue weighted by molar-refractivity contribution is 0.0734. The lowest BCUT2D eigenvalue weighted by atomic mass is 9.99. The summed E-state index contributed by atoms with van der Waals surface area (Å²) in [6.45, 7) is 4.37. The molecule has 0 atom stereocenters. The molecule has 4 heterocycles. The molecule has 0 bridgehead atoms. The van der Waals surface area contributed by atoms with E-state index >= 15 is 0 Å².